The lowest BCUT2D eigenvalue weighted by Crippen LogP contribution is -2.26. The quantitative estimate of drug-likeness (QED) is 0.783. The van der Waals surface area contributed by atoms with Crippen LogP contribution in [0.15, 0.2) is 24.3 Å². The van der Waals surface area contributed by atoms with Crippen molar-refractivity contribution >= 4 is 10.1 Å². The van der Waals surface area contributed by atoms with E-state index in [-0.39, 0.29) is 11.3 Å². The molecule has 0 aliphatic carbocycles. The molecule has 1 rings (SSSR count). The Morgan fingerprint density at radius 1 is 1.19 bits per heavy atom. The molecule has 1 atom stereocenters. The molecule has 0 spiro atoms. The van der Waals surface area contributed by atoms with E-state index < -0.39 is 20.8 Å². The van der Waals surface area contributed by atoms with Crippen LogP contribution in [-0.4, -0.2) is 18.1 Å². The zero-order valence-electron chi connectivity index (χ0n) is 9.51. The van der Waals surface area contributed by atoms with Crippen molar-refractivity contribution in [1.82, 2.24) is 0 Å². The summed E-state index contributed by atoms with van der Waals surface area (Å²) in [4.78, 5) is 0. The van der Waals surface area contributed by atoms with Crippen LogP contribution >= 0.6 is 0 Å². The second kappa shape index (κ2) is 4.07. The maximum atomic E-state index is 11.4. The molecule has 5 heteroatoms. The summed E-state index contributed by atoms with van der Waals surface area (Å²) in [6.07, 6.45) is 0. The fraction of sp³-hybridized carbons (Fsp3) is 0.455. The topological polar surface area (TPSA) is 74.6 Å². The van der Waals surface area contributed by atoms with Crippen molar-refractivity contribution in [3.63, 3.8) is 0 Å². The van der Waals surface area contributed by atoms with Crippen LogP contribution in [0.3, 0.4) is 0 Å². The van der Waals surface area contributed by atoms with Crippen LogP contribution in [0.4, 0.5) is 0 Å². The average molecular weight is 244 g/mol. The standard InChI is InChI=1S/C11H16O4S/c1-11(2,3)10(16(13,14)15)8-6-4-5-7-9(8)12/h4-7,10,12H,1-3H3,(H,13,14,15). The molecule has 4 nitrogen and oxygen atoms in total. The zero-order valence-corrected chi connectivity index (χ0v) is 10.3. The zero-order chi connectivity index (χ0) is 12.6. The van der Waals surface area contributed by atoms with Crippen LogP contribution in [0, 0.1) is 5.41 Å². The Labute approximate surface area is 95.7 Å². The number of para-hydroxylation sites is 1. The van der Waals surface area contributed by atoms with Gasteiger partial charge in [-0.3, -0.25) is 4.55 Å². The molecule has 0 aliphatic heterocycles. The number of rotatable bonds is 2. The van der Waals surface area contributed by atoms with Crippen molar-refractivity contribution < 1.29 is 18.1 Å². The number of benzene rings is 1. The minimum Gasteiger partial charge on any atom is -0.508 e. The third kappa shape index (κ3) is 2.74. The number of hydrogen-bond acceptors (Lipinski definition) is 3. The molecule has 0 bridgehead atoms. The van der Waals surface area contributed by atoms with Gasteiger partial charge in [0.05, 0.1) is 0 Å². The first-order chi connectivity index (χ1) is 7.14. The van der Waals surface area contributed by atoms with Crippen LogP contribution in [0.1, 0.15) is 31.6 Å². The molecule has 1 aromatic rings. The van der Waals surface area contributed by atoms with E-state index in [9.17, 15) is 18.1 Å². The molecule has 1 aromatic carbocycles. The molecule has 0 saturated heterocycles. The molecule has 2 N–H and O–H groups in total. The van der Waals surface area contributed by atoms with E-state index in [1.807, 2.05) is 0 Å². The highest BCUT2D eigenvalue weighted by Gasteiger charge is 2.38. The van der Waals surface area contributed by atoms with Gasteiger partial charge in [-0.25, -0.2) is 0 Å². The molecule has 1 unspecified atom stereocenters. The van der Waals surface area contributed by atoms with Crippen LogP contribution in [-0.2, 0) is 10.1 Å². The summed E-state index contributed by atoms with van der Waals surface area (Å²) in [6.45, 7) is 5.08. The van der Waals surface area contributed by atoms with Crippen molar-refractivity contribution in [1.29, 1.82) is 0 Å². The fourth-order valence-electron chi connectivity index (χ4n) is 1.78. The maximum absolute atomic E-state index is 11.4. The lowest BCUT2D eigenvalue weighted by molar-refractivity contribution is 0.346. The van der Waals surface area contributed by atoms with Gasteiger partial charge in [0.25, 0.3) is 10.1 Å². The average Bonchev–Trinajstić information content (AvgIpc) is 2.03. The van der Waals surface area contributed by atoms with E-state index in [0.717, 1.165) is 0 Å². The highest BCUT2D eigenvalue weighted by molar-refractivity contribution is 7.86. The minimum atomic E-state index is -4.26. The van der Waals surface area contributed by atoms with E-state index >= 15 is 0 Å². The monoisotopic (exact) mass is 244 g/mol. The van der Waals surface area contributed by atoms with Crippen molar-refractivity contribution in [2.45, 2.75) is 26.0 Å². The second-order valence-electron chi connectivity index (χ2n) is 4.82. The first kappa shape index (κ1) is 13.0. The van der Waals surface area contributed by atoms with Gasteiger partial charge in [-0.15, -0.1) is 0 Å². The van der Waals surface area contributed by atoms with Gasteiger partial charge in [-0.2, -0.15) is 8.42 Å². The second-order valence-corrected chi connectivity index (χ2v) is 6.32. The summed E-state index contributed by atoms with van der Waals surface area (Å²) in [6, 6.07) is 6.12. The Bertz CT molecular complexity index is 471. The SMILES string of the molecule is CC(C)(C)C(c1ccccc1O)S(=O)(=O)O. The van der Waals surface area contributed by atoms with Crippen LogP contribution < -0.4 is 0 Å². The molecular weight excluding hydrogens is 228 g/mol. The summed E-state index contributed by atoms with van der Waals surface area (Å²) in [5, 5.41) is 8.49. The van der Waals surface area contributed by atoms with Gasteiger partial charge in [-0.05, 0) is 11.5 Å². The van der Waals surface area contributed by atoms with Crippen molar-refractivity contribution in [3.8, 4) is 5.75 Å². The maximum Gasteiger partial charge on any atom is 0.272 e. The first-order valence-corrected chi connectivity index (χ1v) is 6.38. The van der Waals surface area contributed by atoms with Gasteiger partial charge in [0.1, 0.15) is 11.0 Å². The fourth-order valence-corrected chi connectivity index (χ4v) is 3.20. The smallest absolute Gasteiger partial charge is 0.272 e. The Kier molecular flexibility index (Phi) is 3.30. The first-order valence-electron chi connectivity index (χ1n) is 4.88. The molecule has 0 amide bonds. The van der Waals surface area contributed by atoms with Gasteiger partial charge in [0, 0.05) is 5.56 Å². The predicted octanol–water partition coefficient (Wildman–Crippen LogP) is 2.37. The molecule has 16 heavy (non-hydrogen) atoms. The van der Waals surface area contributed by atoms with Gasteiger partial charge in [0.15, 0.2) is 0 Å². The van der Waals surface area contributed by atoms with Crippen LogP contribution in [0.2, 0.25) is 0 Å². The highest BCUT2D eigenvalue weighted by atomic mass is 32.2. The molecule has 0 fully saturated rings. The Morgan fingerprint density at radius 2 is 1.69 bits per heavy atom. The Balaban J connectivity index is 3.41. The van der Waals surface area contributed by atoms with E-state index in [4.69, 9.17) is 0 Å². The predicted molar refractivity (Wildman–Crippen MR) is 61.9 cm³/mol. The van der Waals surface area contributed by atoms with Crippen molar-refractivity contribution in [3.05, 3.63) is 29.8 Å². The van der Waals surface area contributed by atoms with Gasteiger partial charge < -0.3 is 5.11 Å². The largest absolute Gasteiger partial charge is 0.508 e. The molecule has 0 saturated carbocycles. The van der Waals surface area contributed by atoms with Gasteiger partial charge in [0.2, 0.25) is 0 Å². The lowest BCUT2D eigenvalue weighted by atomic mass is 9.87. The summed E-state index contributed by atoms with van der Waals surface area (Å²) < 4.78 is 32.0. The third-order valence-electron chi connectivity index (χ3n) is 2.30. The van der Waals surface area contributed by atoms with Gasteiger partial charge >= 0.3 is 0 Å². The Morgan fingerprint density at radius 3 is 2.06 bits per heavy atom. The van der Waals surface area contributed by atoms with E-state index in [0.29, 0.717) is 0 Å². The third-order valence-corrected chi connectivity index (χ3v) is 3.86. The van der Waals surface area contributed by atoms with Crippen molar-refractivity contribution in [2.75, 3.05) is 0 Å². The number of phenolic OH excluding ortho intramolecular Hbond substituents is 1. The summed E-state index contributed by atoms with van der Waals surface area (Å²) >= 11 is 0. The molecule has 0 radical (unpaired) electrons. The van der Waals surface area contributed by atoms with Gasteiger partial charge in [-0.1, -0.05) is 39.0 Å². The highest BCUT2D eigenvalue weighted by Crippen LogP contribution is 2.42. The van der Waals surface area contributed by atoms with E-state index in [1.165, 1.54) is 12.1 Å². The van der Waals surface area contributed by atoms with E-state index in [2.05, 4.69) is 0 Å². The normalized spacial score (nSPS) is 14.8. The minimum absolute atomic E-state index is 0.125. The molecule has 0 aromatic heterocycles. The van der Waals surface area contributed by atoms with Crippen LogP contribution in [0.25, 0.3) is 0 Å². The lowest BCUT2D eigenvalue weighted by Gasteiger charge is -2.28. The van der Waals surface area contributed by atoms with Crippen LogP contribution in [0.5, 0.6) is 5.75 Å². The summed E-state index contributed by atoms with van der Waals surface area (Å²) in [7, 11) is -4.26. The Hall–Kier alpha value is -1.07. The number of phenols is 1. The number of aromatic hydroxyl groups is 1. The summed E-state index contributed by atoms with van der Waals surface area (Å²) in [5.74, 6) is -0.125. The summed E-state index contributed by atoms with van der Waals surface area (Å²) in [5.41, 5.74) is -0.482. The van der Waals surface area contributed by atoms with Crippen molar-refractivity contribution in [2.24, 2.45) is 5.41 Å². The molecular formula is C11H16O4S. The molecule has 0 aliphatic rings. The number of hydrogen-bond donors (Lipinski definition) is 2. The molecule has 90 valence electrons. The van der Waals surface area contributed by atoms with E-state index in [1.54, 1.807) is 32.9 Å². The molecule has 0 heterocycles.